The molecule has 0 N–H and O–H groups in total. The lowest BCUT2D eigenvalue weighted by Crippen LogP contribution is -2.34. The summed E-state index contributed by atoms with van der Waals surface area (Å²) in [5.74, 6) is 0.865. The van der Waals surface area contributed by atoms with Gasteiger partial charge in [0.1, 0.15) is 11.5 Å². The Balaban J connectivity index is 1.58. The minimum Gasteiger partial charge on any atom is -0.361 e. The van der Waals surface area contributed by atoms with Gasteiger partial charge in [0.25, 0.3) is 0 Å². The second-order valence-corrected chi connectivity index (χ2v) is 5.62. The van der Waals surface area contributed by atoms with Crippen molar-refractivity contribution >= 4 is 12.0 Å². The predicted molar refractivity (Wildman–Crippen MR) is 82.0 cm³/mol. The fourth-order valence-corrected chi connectivity index (χ4v) is 2.61. The largest absolute Gasteiger partial charge is 0.361 e. The number of nitrogens with zero attached hydrogens (tertiary/aromatic N) is 4. The maximum absolute atomic E-state index is 12.1. The van der Waals surface area contributed by atoms with Crippen LogP contribution in [0, 0.1) is 6.92 Å². The van der Waals surface area contributed by atoms with Crippen molar-refractivity contribution in [2.24, 2.45) is 0 Å². The van der Waals surface area contributed by atoms with Crippen molar-refractivity contribution in [3.8, 4) is 0 Å². The van der Waals surface area contributed by atoms with Gasteiger partial charge < -0.3 is 14.0 Å². The highest BCUT2D eigenvalue weighted by Gasteiger charge is 2.13. The first-order chi connectivity index (χ1) is 10.7. The summed E-state index contributed by atoms with van der Waals surface area (Å²) < 4.78 is 6.96. The Morgan fingerprint density at radius 3 is 2.91 bits per heavy atom. The molecule has 1 amide bonds. The van der Waals surface area contributed by atoms with E-state index < -0.39 is 0 Å². The minimum absolute atomic E-state index is 0.0707. The van der Waals surface area contributed by atoms with Crippen molar-refractivity contribution in [2.75, 3.05) is 13.1 Å². The number of aryl methyl sites for hydroxylation is 1. The summed E-state index contributed by atoms with van der Waals surface area (Å²) in [4.78, 5) is 18.2. The van der Waals surface area contributed by atoms with Gasteiger partial charge in [0, 0.05) is 31.4 Å². The van der Waals surface area contributed by atoms with Crippen LogP contribution in [0.5, 0.6) is 0 Å². The van der Waals surface area contributed by atoms with Crippen LogP contribution in [-0.2, 0) is 11.3 Å². The SMILES string of the molecule is Cc1cc(Cn2cnc(/C=C/C(=O)N3CCCCC3)c2)no1. The van der Waals surface area contributed by atoms with E-state index in [1.54, 1.807) is 18.5 Å². The fourth-order valence-electron chi connectivity index (χ4n) is 2.61. The topological polar surface area (TPSA) is 64.2 Å². The van der Waals surface area contributed by atoms with Crippen LogP contribution in [0.4, 0.5) is 0 Å². The Morgan fingerprint density at radius 1 is 1.36 bits per heavy atom. The Kier molecular flexibility index (Phi) is 4.37. The van der Waals surface area contributed by atoms with Crippen molar-refractivity contribution in [3.63, 3.8) is 0 Å². The summed E-state index contributed by atoms with van der Waals surface area (Å²) in [6.45, 7) is 4.20. The zero-order valence-electron chi connectivity index (χ0n) is 12.7. The number of amides is 1. The molecule has 0 aliphatic carbocycles. The van der Waals surface area contributed by atoms with Crippen LogP contribution in [0.15, 0.2) is 29.2 Å². The minimum atomic E-state index is 0.0707. The van der Waals surface area contributed by atoms with E-state index in [1.807, 2.05) is 28.7 Å². The number of hydrogen-bond donors (Lipinski definition) is 0. The summed E-state index contributed by atoms with van der Waals surface area (Å²) in [5.41, 5.74) is 1.63. The van der Waals surface area contributed by atoms with Gasteiger partial charge in [-0.25, -0.2) is 4.98 Å². The molecule has 1 aliphatic rings. The number of imidazole rings is 1. The van der Waals surface area contributed by atoms with Crippen molar-refractivity contribution in [1.29, 1.82) is 0 Å². The van der Waals surface area contributed by atoms with Gasteiger partial charge in [-0.1, -0.05) is 5.16 Å². The van der Waals surface area contributed by atoms with E-state index in [4.69, 9.17) is 4.52 Å². The molecule has 0 atom stereocenters. The van der Waals surface area contributed by atoms with Crippen LogP contribution in [0.25, 0.3) is 6.08 Å². The van der Waals surface area contributed by atoms with Gasteiger partial charge in [-0.2, -0.15) is 0 Å². The van der Waals surface area contributed by atoms with E-state index in [9.17, 15) is 4.79 Å². The molecule has 0 bridgehead atoms. The van der Waals surface area contributed by atoms with Gasteiger partial charge in [0.2, 0.25) is 5.91 Å². The highest BCUT2D eigenvalue weighted by Crippen LogP contribution is 2.10. The van der Waals surface area contributed by atoms with Crippen LogP contribution in [0.3, 0.4) is 0 Å². The molecule has 0 spiro atoms. The molecule has 1 aliphatic heterocycles. The van der Waals surface area contributed by atoms with Gasteiger partial charge in [0.05, 0.1) is 18.6 Å². The Morgan fingerprint density at radius 2 is 2.18 bits per heavy atom. The third-order valence-electron chi connectivity index (χ3n) is 3.74. The first-order valence-corrected chi connectivity index (χ1v) is 7.62. The van der Waals surface area contributed by atoms with Crippen molar-refractivity contribution in [3.05, 3.63) is 41.8 Å². The monoisotopic (exact) mass is 300 g/mol. The third-order valence-corrected chi connectivity index (χ3v) is 3.74. The fraction of sp³-hybridized carbons (Fsp3) is 0.438. The van der Waals surface area contributed by atoms with Crippen LogP contribution in [0.1, 0.15) is 36.4 Å². The quantitative estimate of drug-likeness (QED) is 0.812. The summed E-state index contributed by atoms with van der Waals surface area (Å²) >= 11 is 0. The summed E-state index contributed by atoms with van der Waals surface area (Å²) in [6, 6.07) is 1.90. The molecule has 6 heteroatoms. The average molecular weight is 300 g/mol. The molecule has 1 fully saturated rings. The van der Waals surface area contributed by atoms with Crippen LogP contribution < -0.4 is 0 Å². The third kappa shape index (κ3) is 3.63. The average Bonchev–Trinajstić information content (AvgIpc) is 3.15. The molecular formula is C16H20N4O2. The van der Waals surface area contributed by atoms with Gasteiger partial charge in [-0.3, -0.25) is 4.79 Å². The summed E-state index contributed by atoms with van der Waals surface area (Å²) in [5, 5.41) is 3.95. The lowest BCUT2D eigenvalue weighted by atomic mass is 10.1. The van der Waals surface area contributed by atoms with Crippen LogP contribution >= 0.6 is 0 Å². The van der Waals surface area contributed by atoms with Gasteiger partial charge in [-0.05, 0) is 32.3 Å². The normalized spacial score (nSPS) is 15.6. The number of rotatable bonds is 4. The first-order valence-electron chi connectivity index (χ1n) is 7.62. The second kappa shape index (κ2) is 6.60. The molecule has 116 valence electrons. The van der Waals surface area contributed by atoms with Gasteiger partial charge >= 0.3 is 0 Å². The molecule has 2 aromatic rings. The number of hydrogen-bond acceptors (Lipinski definition) is 4. The molecule has 2 aromatic heterocycles. The molecule has 0 aromatic carbocycles. The first kappa shape index (κ1) is 14.6. The molecule has 3 heterocycles. The lowest BCUT2D eigenvalue weighted by molar-refractivity contribution is -0.126. The smallest absolute Gasteiger partial charge is 0.246 e. The molecule has 1 saturated heterocycles. The molecule has 0 radical (unpaired) electrons. The van der Waals surface area contributed by atoms with Crippen molar-refractivity contribution in [2.45, 2.75) is 32.7 Å². The highest BCUT2D eigenvalue weighted by molar-refractivity contribution is 5.91. The maximum Gasteiger partial charge on any atom is 0.246 e. The van der Waals surface area contributed by atoms with E-state index in [2.05, 4.69) is 10.1 Å². The highest BCUT2D eigenvalue weighted by atomic mass is 16.5. The zero-order valence-corrected chi connectivity index (χ0v) is 12.7. The molecular weight excluding hydrogens is 280 g/mol. The number of aromatic nitrogens is 3. The predicted octanol–water partition coefficient (Wildman–Crippen LogP) is 2.25. The molecule has 0 saturated carbocycles. The van der Waals surface area contributed by atoms with Gasteiger partial charge in [0.15, 0.2) is 0 Å². The number of likely N-dealkylation sites (tertiary alicyclic amines) is 1. The van der Waals surface area contributed by atoms with E-state index >= 15 is 0 Å². The standard InChI is InChI=1S/C16H20N4O2/c1-13-9-15(18-22-13)11-19-10-14(17-12-19)5-6-16(21)20-7-3-2-4-8-20/h5-6,9-10,12H,2-4,7-8,11H2,1H3/b6-5+. The maximum atomic E-state index is 12.1. The van der Waals surface area contributed by atoms with Crippen molar-refractivity contribution < 1.29 is 9.32 Å². The number of carbonyl (C=O) groups excluding carboxylic acids is 1. The Labute approximate surface area is 129 Å². The number of carbonyl (C=O) groups is 1. The van der Waals surface area contributed by atoms with Crippen LogP contribution in [-0.4, -0.2) is 38.6 Å². The Bertz CT molecular complexity index is 665. The molecule has 6 nitrogen and oxygen atoms in total. The van der Waals surface area contributed by atoms with E-state index in [-0.39, 0.29) is 5.91 Å². The van der Waals surface area contributed by atoms with Gasteiger partial charge in [-0.15, -0.1) is 0 Å². The lowest BCUT2D eigenvalue weighted by Gasteiger charge is -2.25. The van der Waals surface area contributed by atoms with E-state index in [0.29, 0.717) is 6.54 Å². The summed E-state index contributed by atoms with van der Waals surface area (Å²) in [7, 11) is 0. The Hall–Kier alpha value is -2.37. The van der Waals surface area contributed by atoms with Crippen molar-refractivity contribution in [1.82, 2.24) is 19.6 Å². The second-order valence-electron chi connectivity index (χ2n) is 5.62. The molecule has 3 rings (SSSR count). The molecule has 0 unspecified atom stereocenters. The number of piperidine rings is 1. The van der Waals surface area contributed by atoms with E-state index in [1.165, 1.54) is 6.42 Å². The van der Waals surface area contributed by atoms with Crippen LogP contribution in [0.2, 0.25) is 0 Å². The molecule has 22 heavy (non-hydrogen) atoms. The zero-order chi connectivity index (χ0) is 15.4. The summed E-state index contributed by atoms with van der Waals surface area (Å²) in [6.07, 6.45) is 10.4. The van der Waals surface area contributed by atoms with E-state index in [0.717, 1.165) is 43.1 Å².